The van der Waals surface area contributed by atoms with Crippen LogP contribution in [0.1, 0.15) is 56.1 Å². The molecule has 0 unspecified atom stereocenters. The van der Waals surface area contributed by atoms with Crippen molar-refractivity contribution in [2.75, 3.05) is 6.61 Å². The Kier molecular flexibility index (Phi) is 5.06. The zero-order valence-corrected chi connectivity index (χ0v) is 17.9. The van der Waals surface area contributed by atoms with Crippen LogP contribution in [0.5, 0.6) is 5.75 Å². The molecule has 1 aromatic heterocycles. The highest BCUT2D eigenvalue weighted by atomic mass is 28.4. The summed E-state index contributed by atoms with van der Waals surface area (Å²) in [5.74, 6) is 0.907. The lowest BCUT2D eigenvalue weighted by molar-refractivity contribution is 0.0966. The molecular formula is C21H31NO3Si. The standard InChI is InChI=1S/C21H31NO3Si/c1-21(2,3)26(5,6)25-14-16-11-15-12-17-19(23)9-7-8-10-24-20(17)13-18(15)22(16)4/h11-13H,7-10,14H2,1-6H3. The Morgan fingerprint density at radius 2 is 1.92 bits per heavy atom. The molecule has 1 aromatic carbocycles. The van der Waals surface area contributed by atoms with Crippen molar-refractivity contribution in [1.29, 1.82) is 0 Å². The third-order valence-electron chi connectivity index (χ3n) is 5.99. The van der Waals surface area contributed by atoms with Crippen molar-refractivity contribution in [2.45, 2.75) is 64.8 Å². The van der Waals surface area contributed by atoms with Gasteiger partial charge in [0.05, 0.1) is 24.3 Å². The molecule has 5 heteroatoms. The first-order chi connectivity index (χ1) is 12.1. The molecule has 4 nitrogen and oxygen atoms in total. The third-order valence-corrected chi connectivity index (χ3v) is 10.5. The monoisotopic (exact) mass is 373 g/mol. The van der Waals surface area contributed by atoms with Crippen molar-refractivity contribution in [3.63, 3.8) is 0 Å². The fourth-order valence-electron chi connectivity index (χ4n) is 3.07. The predicted octanol–water partition coefficient (Wildman–Crippen LogP) is 5.45. The molecule has 142 valence electrons. The van der Waals surface area contributed by atoms with Crippen LogP contribution in [0, 0.1) is 0 Å². The van der Waals surface area contributed by atoms with E-state index in [-0.39, 0.29) is 10.8 Å². The number of ketones is 1. The Labute approximate surface area is 157 Å². The molecule has 0 amide bonds. The Hall–Kier alpha value is -1.59. The minimum Gasteiger partial charge on any atom is -0.493 e. The van der Waals surface area contributed by atoms with Crippen molar-refractivity contribution < 1.29 is 14.0 Å². The van der Waals surface area contributed by atoms with E-state index in [0.29, 0.717) is 19.6 Å². The summed E-state index contributed by atoms with van der Waals surface area (Å²) in [6, 6.07) is 6.16. The van der Waals surface area contributed by atoms with Crippen LogP contribution in [0.25, 0.3) is 10.9 Å². The van der Waals surface area contributed by atoms with E-state index in [0.717, 1.165) is 40.8 Å². The SMILES string of the molecule is Cn1c(CO[Si](C)(C)C(C)(C)C)cc2cc3c(cc21)OCCCCC3=O. The largest absolute Gasteiger partial charge is 0.493 e. The molecule has 3 rings (SSSR count). The fourth-order valence-corrected chi connectivity index (χ4v) is 4.02. The van der Waals surface area contributed by atoms with Gasteiger partial charge in [-0.2, -0.15) is 0 Å². The van der Waals surface area contributed by atoms with E-state index in [9.17, 15) is 4.79 Å². The molecule has 2 heterocycles. The summed E-state index contributed by atoms with van der Waals surface area (Å²) in [6.45, 7) is 12.6. The molecule has 0 saturated carbocycles. The van der Waals surface area contributed by atoms with Crippen LogP contribution in [0.4, 0.5) is 0 Å². The Bertz CT molecular complexity index is 830. The van der Waals surface area contributed by atoms with Gasteiger partial charge in [-0.05, 0) is 43.1 Å². The lowest BCUT2D eigenvalue weighted by Crippen LogP contribution is -2.40. The quantitative estimate of drug-likeness (QED) is 0.672. The minimum absolute atomic E-state index is 0.185. The van der Waals surface area contributed by atoms with Crippen molar-refractivity contribution in [2.24, 2.45) is 7.05 Å². The molecule has 0 radical (unpaired) electrons. The van der Waals surface area contributed by atoms with E-state index >= 15 is 0 Å². The summed E-state index contributed by atoms with van der Waals surface area (Å²) in [6.07, 6.45) is 2.44. The van der Waals surface area contributed by atoms with Crippen molar-refractivity contribution in [1.82, 2.24) is 4.57 Å². The van der Waals surface area contributed by atoms with Gasteiger partial charge in [0.25, 0.3) is 0 Å². The number of aromatic nitrogens is 1. The maximum absolute atomic E-state index is 12.5. The Balaban J connectivity index is 1.94. The van der Waals surface area contributed by atoms with E-state index < -0.39 is 8.32 Å². The molecule has 1 aliphatic heterocycles. The highest BCUT2D eigenvalue weighted by Gasteiger charge is 2.37. The lowest BCUT2D eigenvalue weighted by Gasteiger charge is -2.36. The van der Waals surface area contributed by atoms with Gasteiger partial charge in [-0.3, -0.25) is 4.79 Å². The van der Waals surface area contributed by atoms with Crippen molar-refractivity contribution in [3.8, 4) is 5.75 Å². The Morgan fingerprint density at radius 1 is 1.19 bits per heavy atom. The van der Waals surface area contributed by atoms with Crippen molar-refractivity contribution in [3.05, 3.63) is 29.5 Å². The molecule has 0 saturated heterocycles. The number of aryl methyl sites for hydroxylation is 1. The second-order valence-electron chi connectivity index (χ2n) is 8.88. The van der Waals surface area contributed by atoms with Crippen LogP contribution in [-0.2, 0) is 18.1 Å². The fraction of sp³-hybridized carbons (Fsp3) is 0.571. The third kappa shape index (κ3) is 3.60. The van der Waals surface area contributed by atoms with Gasteiger partial charge in [0, 0.05) is 30.6 Å². The summed E-state index contributed by atoms with van der Waals surface area (Å²) in [5, 5.41) is 1.27. The van der Waals surface area contributed by atoms with Gasteiger partial charge in [0.2, 0.25) is 0 Å². The predicted molar refractivity (Wildman–Crippen MR) is 109 cm³/mol. The van der Waals surface area contributed by atoms with Gasteiger partial charge < -0.3 is 13.7 Å². The zero-order chi connectivity index (χ0) is 19.1. The van der Waals surface area contributed by atoms with Crippen LogP contribution in [0.3, 0.4) is 0 Å². The number of carbonyl (C=O) groups excluding carboxylic acids is 1. The number of ether oxygens (including phenoxy) is 1. The highest BCUT2D eigenvalue weighted by Crippen LogP contribution is 2.37. The van der Waals surface area contributed by atoms with Crippen LogP contribution < -0.4 is 4.74 Å². The summed E-state index contributed by atoms with van der Waals surface area (Å²) in [4.78, 5) is 12.5. The topological polar surface area (TPSA) is 40.5 Å². The number of fused-ring (bicyclic) bond motifs is 2. The average Bonchev–Trinajstić information content (AvgIpc) is 2.85. The number of rotatable bonds is 3. The van der Waals surface area contributed by atoms with Crippen LogP contribution >= 0.6 is 0 Å². The summed E-state index contributed by atoms with van der Waals surface area (Å²) in [7, 11) is 0.258. The maximum atomic E-state index is 12.5. The van der Waals surface area contributed by atoms with E-state index in [1.165, 1.54) is 0 Å². The molecule has 0 aliphatic carbocycles. The Morgan fingerprint density at radius 3 is 2.62 bits per heavy atom. The molecular weight excluding hydrogens is 342 g/mol. The summed E-state index contributed by atoms with van der Waals surface area (Å²) >= 11 is 0. The molecule has 0 atom stereocenters. The van der Waals surface area contributed by atoms with Crippen LogP contribution in [0.2, 0.25) is 18.1 Å². The van der Waals surface area contributed by atoms with Gasteiger partial charge in [0.1, 0.15) is 5.75 Å². The number of carbonyl (C=O) groups is 1. The van der Waals surface area contributed by atoms with Gasteiger partial charge in [-0.15, -0.1) is 0 Å². The smallest absolute Gasteiger partial charge is 0.192 e. The van der Waals surface area contributed by atoms with E-state index in [1.54, 1.807) is 0 Å². The lowest BCUT2D eigenvalue weighted by atomic mass is 10.0. The van der Waals surface area contributed by atoms with Gasteiger partial charge >= 0.3 is 0 Å². The number of hydrogen-bond acceptors (Lipinski definition) is 3. The second kappa shape index (κ2) is 6.85. The minimum atomic E-state index is -1.80. The zero-order valence-electron chi connectivity index (χ0n) is 16.9. The highest BCUT2D eigenvalue weighted by molar-refractivity contribution is 6.74. The first-order valence-electron chi connectivity index (χ1n) is 9.52. The number of Topliss-reactive ketones (excluding diaryl/α,β-unsaturated/α-hetero) is 1. The number of benzene rings is 1. The molecule has 0 fully saturated rings. The number of nitrogens with zero attached hydrogens (tertiary/aromatic N) is 1. The summed E-state index contributed by atoms with van der Waals surface area (Å²) in [5.41, 5.74) is 2.95. The van der Waals surface area contributed by atoms with E-state index in [1.807, 2.05) is 12.1 Å². The molecule has 0 bridgehead atoms. The first kappa shape index (κ1) is 19.2. The van der Waals surface area contributed by atoms with Crippen LogP contribution in [0.15, 0.2) is 18.2 Å². The van der Waals surface area contributed by atoms with Crippen LogP contribution in [-0.4, -0.2) is 25.3 Å². The van der Waals surface area contributed by atoms with Gasteiger partial charge in [-0.1, -0.05) is 20.8 Å². The average molecular weight is 374 g/mol. The number of hydrogen-bond donors (Lipinski definition) is 0. The molecule has 0 N–H and O–H groups in total. The second-order valence-corrected chi connectivity index (χ2v) is 13.7. The van der Waals surface area contributed by atoms with Gasteiger partial charge in [0.15, 0.2) is 14.1 Å². The normalized spacial score (nSPS) is 16.2. The molecule has 26 heavy (non-hydrogen) atoms. The van der Waals surface area contributed by atoms with E-state index in [2.05, 4.69) is 51.5 Å². The van der Waals surface area contributed by atoms with E-state index in [4.69, 9.17) is 9.16 Å². The molecule has 0 spiro atoms. The maximum Gasteiger partial charge on any atom is 0.192 e. The summed E-state index contributed by atoms with van der Waals surface area (Å²) < 4.78 is 14.4. The molecule has 2 aromatic rings. The van der Waals surface area contributed by atoms with Gasteiger partial charge in [-0.25, -0.2) is 0 Å². The molecule has 1 aliphatic rings. The first-order valence-corrected chi connectivity index (χ1v) is 12.4. The van der Waals surface area contributed by atoms with Crippen molar-refractivity contribution >= 4 is 25.0 Å².